The molecule has 0 radical (unpaired) electrons. The van der Waals surface area contributed by atoms with Crippen molar-refractivity contribution in [2.45, 2.75) is 0 Å². The average molecular weight is 365 g/mol. The summed E-state index contributed by atoms with van der Waals surface area (Å²) in [5.41, 5.74) is 0.475. The van der Waals surface area contributed by atoms with Crippen LogP contribution in [-0.4, -0.2) is 27.3 Å². The molecule has 0 spiro atoms. The summed E-state index contributed by atoms with van der Waals surface area (Å²) in [6, 6.07) is 3.17. The van der Waals surface area contributed by atoms with Crippen LogP contribution in [0.1, 0.15) is 5.56 Å². The molecule has 94 valence electrons. The van der Waals surface area contributed by atoms with Gasteiger partial charge >= 0.3 is 0 Å². The maximum atomic E-state index is 11.8. The molecule has 0 aliphatic carbocycles. The number of halogens is 2. The highest BCUT2D eigenvalue weighted by molar-refractivity contribution is 9.10. The highest BCUT2D eigenvalue weighted by atomic mass is 79.9. The van der Waals surface area contributed by atoms with Gasteiger partial charge in [-0.1, -0.05) is 35.6 Å². The lowest BCUT2D eigenvalue weighted by molar-refractivity contribution is -0.121. The highest BCUT2D eigenvalue weighted by Crippen LogP contribution is 2.36. The van der Waals surface area contributed by atoms with Crippen LogP contribution in [0.15, 0.2) is 21.5 Å². The first-order chi connectivity index (χ1) is 8.40. The van der Waals surface area contributed by atoms with Gasteiger partial charge in [-0.2, -0.15) is 0 Å². The Balaban J connectivity index is 2.46. The van der Waals surface area contributed by atoms with Gasteiger partial charge in [0.1, 0.15) is 10.1 Å². The van der Waals surface area contributed by atoms with Crippen LogP contribution in [0.2, 0.25) is 5.02 Å². The number of nitrogens with zero attached hydrogens (tertiary/aromatic N) is 1. The molecule has 18 heavy (non-hydrogen) atoms. The second-order valence-electron chi connectivity index (χ2n) is 3.57. The van der Waals surface area contributed by atoms with Crippen molar-refractivity contribution in [3.63, 3.8) is 0 Å². The fraction of sp³-hybridized carbons (Fsp3) is 0.0909. The number of phenolic OH excluding ortho intramolecular Hbond substituents is 1. The number of thiocarbonyl (C=S) groups is 1. The Labute approximate surface area is 127 Å². The van der Waals surface area contributed by atoms with Gasteiger partial charge in [-0.25, -0.2) is 0 Å². The normalized spacial score (nSPS) is 17.9. The molecule has 1 heterocycles. The standard InChI is InChI=1S/C11H7BrClNO2S2/c1-14-10(16)8(18-11(14)17)3-5-2-6(13)4-7(12)9(5)15/h2-4,15H,1H3/b8-3-. The van der Waals surface area contributed by atoms with Crippen LogP contribution in [0.5, 0.6) is 5.75 Å². The molecule has 0 saturated carbocycles. The summed E-state index contributed by atoms with van der Waals surface area (Å²) in [6.07, 6.45) is 1.58. The molecule has 1 amide bonds. The van der Waals surface area contributed by atoms with E-state index < -0.39 is 0 Å². The summed E-state index contributed by atoms with van der Waals surface area (Å²) < 4.78 is 0.972. The van der Waals surface area contributed by atoms with E-state index in [0.717, 1.165) is 0 Å². The number of carbonyl (C=O) groups is 1. The van der Waals surface area contributed by atoms with E-state index in [2.05, 4.69) is 15.9 Å². The van der Waals surface area contributed by atoms with Crippen molar-refractivity contribution >= 4 is 67.8 Å². The quantitative estimate of drug-likeness (QED) is 0.610. The molecule has 1 saturated heterocycles. The molecular formula is C11H7BrClNO2S2. The van der Waals surface area contributed by atoms with E-state index in [1.54, 1.807) is 25.3 Å². The summed E-state index contributed by atoms with van der Waals surface area (Å²) in [5, 5.41) is 10.4. The topological polar surface area (TPSA) is 40.5 Å². The third-order valence-corrected chi connectivity index (χ3v) is 4.64. The molecule has 7 heteroatoms. The van der Waals surface area contributed by atoms with E-state index in [1.165, 1.54) is 16.7 Å². The van der Waals surface area contributed by atoms with Crippen molar-refractivity contribution < 1.29 is 9.90 Å². The fourth-order valence-corrected chi connectivity index (χ4v) is 3.39. The van der Waals surface area contributed by atoms with Crippen molar-refractivity contribution in [1.82, 2.24) is 4.90 Å². The van der Waals surface area contributed by atoms with E-state index in [0.29, 0.717) is 24.3 Å². The molecule has 1 N–H and O–H groups in total. The summed E-state index contributed by atoms with van der Waals surface area (Å²) >= 11 is 15.3. The summed E-state index contributed by atoms with van der Waals surface area (Å²) in [7, 11) is 1.62. The molecule has 0 aromatic heterocycles. The van der Waals surface area contributed by atoms with Crippen LogP contribution in [0.25, 0.3) is 6.08 Å². The van der Waals surface area contributed by atoms with Gasteiger partial charge in [0.15, 0.2) is 0 Å². The third kappa shape index (κ3) is 2.56. The number of hydrogen-bond donors (Lipinski definition) is 1. The monoisotopic (exact) mass is 363 g/mol. The Morgan fingerprint density at radius 3 is 2.78 bits per heavy atom. The second kappa shape index (κ2) is 5.21. The van der Waals surface area contributed by atoms with Gasteiger partial charge in [-0.15, -0.1) is 0 Å². The van der Waals surface area contributed by atoms with Crippen molar-refractivity contribution in [3.8, 4) is 5.75 Å². The van der Waals surface area contributed by atoms with Crippen molar-refractivity contribution in [2.24, 2.45) is 0 Å². The molecule has 2 rings (SSSR count). The highest BCUT2D eigenvalue weighted by Gasteiger charge is 2.29. The first-order valence-corrected chi connectivity index (χ1v) is 7.19. The SMILES string of the molecule is CN1C(=O)/C(=C/c2cc(Cl)cc(Br)c2O)SC1=S. The number of amides is 1. The van der Waals surface area contributed by atoms with Crippen LogP contribution in [0, 0.1) is 0 Å². The minimum absolute atomic E-state index is 0.0424. The fourth-order valence-electron chi connectivity index (χ4n) is 1.38. The lowest BCUT2D eigenvalue weighted by atomic mass is 10.2. The molecule has 0 unspecified atom stereocenters. The number of hydrogen-bond acceptors (Lipinski definition) is 4. The maximum absolute atomic E-state index is 11.8. The molecule has 1 aliphatic rings. The molecule has 1 aromatic rings. The zero-order chi connectivity index (χ0) is 13.4. The zero-order valence-electron chi connectivity index (χ0n) is 9.11. The minimum atomic E-state index is -0.180. The van der Waals surface area contributed by atoms with Gasteiger partial charge in [0.25, 0.3) is 5.91 Å². The average Bonchev–Trinajstić information content (AvgIpc) is 2.53. The largest absolute Gasteiger partial charge is 0.506 e. The van der Waals surface area contributed by atoms with Gasteiger partial charge in [0.05, 0.1) is 9.38 Å². The number of phenols is 1. The van der Waals surface area contributed by atoms with Crippen molar-refractivity contribution in [2.75, 3.05) is 7.05 Å². The van der Waals surface area contributed by atoms with Crippen LogP contribution in [-0.2, 0) is 4.79 Å². The molecule has 0 atom stereocenters. The summed E-state index contributed by atoms with van der Waals surface area (Å²) in [5.74, 6) is -0.138. The number of rotatable bonds is 1. The van der Waals surface area contributed by atoms with Crippen LogP contribution in [0.4, 0.5) is 0 Å². The van der Waals surface area contributed by atoms with Gasteiger partial charge in [-0.05, 0) is 34.1 Å². The Hall–Kier alpha value is -0.560. The Bertz CT molecular complexity index is 589. The maximum Gasteiger partial charge on any atom is 0.265 e. The molecule has 1 aliphatic heterocycles. The number of thioether (sulfide) groups is 1. The molecule has 3 nitrogen and oxygen atoms in total. The van der Waals surface area contributed by atoms with Crippen LogP contribution in [0.3, 0.4) is 0 Å². The van der Waals surface area contributed by atoms with Crippen molar-refractivity contribution in [3.05, 3.63) is 32.1 Å². The number of likely N-dealkylation sites (N-methyl/N-ethyl adjacent to an activating group) is 1. The Morgan fingerprint density at radius 2 is 2.22 bits per heavy atom. The predicted octanol–water partition coefficient (Wildman–Crippen LogP) is 3.64. The zero-order valence-corrected chi connectivity index (χ0v) is 13.1. The van der Waals surface area contributed by atoms with Crippen molar-refractivity contribution in [1.29, 1.82) is 0 Å². The first kappa shape index (κ1) is 13.9. The van der Waals surface area contributed by atoms with Crippen LogP contribution >= 0.6 is 51.5 Å². The van der Waals surface area contributed by atoms with E-state index in [-0.39, 0.29) is 11.7 Å². The summed E-state index contributed by atoms with van der Waals surface area (Å²) in [4.78, 5) is 13.7. The third-order valence-electron chi connectivity index (χ3n) is 2.33. The number of benzene rings is 1. The molecule has 1 aromatic carbocycles. The van der Waals surface area contributed by atoms with E-state index in [1.807, 2.05) is 0 Å². The van der Waals surface area contributed by atoms with E-state index in [9.17, 15) is 9.90 Å². The lowest BCUT2D eigenvalue weighted by Gasteiger charge is -2.05. The molecule has 1 fully saturated rings. The minimum Gasteiger partial charge on any atom is -0.506 e. The summed E-state index contributed by atoms with van der Waals surface area (Å²) in [6.45, 7) is 0. The predicted molar refractivity (Wildman–Crippen MR) is 81.8 cm³/mol. The Kier molecular flexibility index (Phi) is 4.01. The first-order valence-electron chi connectivity index (χ1n) is 4.79. The van der Waals surface area contributed by atoms with E-state index >= 15 is 0 Å². The van der Waals surface area contributed by atoms with Gasteiger partial charge in [0, 0.05) is 17.6 Å². The van der Waals surface area contributed by atoms with Gasteiger partial charge in [0.2, 0.25) is 0 Å². The number of aromatic hydroxyl groups is 1. The Morgan fingerprint density at radius 1 is 1.56 bits per heavy atom. The molecule has 0 bridgehead atoms. The smallest absolute Gasteiger partial charge is 0.265 e. The van der Waals surface area contributed by atoms with E-state index in [4.69, 9.17) is 23.8 Å². The molecular weight excluding hydrogens is 358 g/mol. The van der Waals surface area contributed by atoms with Crippen LogP contribution < -0.4 is 0 Å². The van der Waals surface area contributed by atoms with Gasteiger partial charge < -0.3 is 5.11 Å². The van der Waals surface area contributed by atoms with Gasteiger partial charge in [-0.3, -0.25) is 9.69 Å². The second-order valence-corrected chi connectivity index (χ2v) is 6.53. The lowest BCUT2D eigenvalue weighted by Crippen LogP contribution is -2.22. The number of carbonyl (C=O) groups excluding carboxylic acids is 1.